The molecule has 0 spiro atoms. The van der Waals surface area contributed by atoms with E-state index in [1.165, 1.54) is 26.4 Å². The number of esters is 1. The van der Waals surface area contributed by atoms with Crippen molar-refractivity contribution >= 4 is 39.7 Å². The Morgan fingerprint density at radius 1 is 1.12 bits per heavy atom. The normalized spacial score (nSPS) is 15.6. The van der Waals surface area contributed by atoms with Gasteiger partial charge in [-0.05, 0) is 31.5 Å². The smallest absolute Gasteiger partial charge is 0.491 e. The molecule has 0 aliphatic carbocycles. The van der Waals surface area contributed by atoms with Crippen LogP contribution >= 0.6 is 0 Å². The minimum Gasteiger partial charge on any atom is -0.493 e. The molecule has 0 saturated carbocycles. The Kier molecular flexibility index (Phi) is 8.23. The zero-order chi connectivity index (χ0) is 30.9. The van der Waals surface area contributed by atoms with E-state index < -0.39 is 34.9 Å². The summed E-state index contributed by atoms with van der Waals surface area (Å²) in [4.78, 5) is 42.4. The Morgan fingerprint density at radius 3 is 2.53 bits per heavy atom. The maximum Gasteiger partial charge on any atom is 0.491 e. The van der Waals surface area contributed by atoms with Crippen molar-refractivity contribution in [3.05, 3.63) is 40.3 Å². The number of carbonyl (C=O) groups is 1. The van der Waals surface area contributed by atoms with Gasteiger partial charge < -0.3 is 24.1 Å². The van der Waals surface area contributed by atoms with Gasteiger partial charge in [0.15, 0.2) is 23.0 Å². The van der Waals surface area contributed by atoms with Gasteiger partial charge in [0.05, 0.1) is 37.1 Å². The number of benzene rings is 2. The van der Waals surface area contributed by atoms with Crippen molar-refractivity contribution in [2.75, 3.05) is 45.8 Å². The number of anilines is 2. The molecular formula is C27H27F3N6O7. The van der Waals surface area contributed by atoms with E-state index in [0.717, 1.165) is 0 Å². The van der Waals surface area contributed by atoms with E-state index in [-0.39, 0.29) is 29.8 Å². The van der Waals surface area contributed by atoms with E-state index >= 15 is 0 Å². The van der Waals surface area contributed by atoms with E-state index in [1.54, 1.807) is 19.1 Å². The average Bonchev–Trinajstić information content (AvgIpc) is 3.37. The second-order valence-electron chi connectivity index (χ2n) is 9.66. The third kappa shape index (κ3) is 6.39. The first-order valence-electron chi connectivity index (χ1n) is 13.0. The van der Waals surface area contributed by atoms with Crippen LogP contribution in [0.2, 0.25) is 0 Å². The maximum absolute atomic E-state index is 13.2. The zero-order valence-corrected chi connectivity index (χ0v) is 23.2. The Balaban J connectivity index is 1.48. The maximum atomic E-state index is 13.2. The molecule has 4 aromatic rings. The molecule has 5 rings (SSSR count). The lowest BCUT2D eigenvalue weighted by Gasteiger charge is -2.18. The van der Waals surface area contributed by atoms with Crippen molar-refractivity contribution in [2.45, 2.75) is 25.6 Å². The van der Waals surface area contributed by atoms with Gasteiger partial charge >= 0.3 is 12.1 Å². The quantitative estimate of drug-likeness (QED) is 0.190. The van der Waals surface area contributed by atoms with Gasteiger partial charge in [0.2, 0.25) is 11.9 Å². The molecule has 0 bridgehead atoms. The van der Waals surface area contributed by atoms with Crippen LogP contribution in [0, 0.1) is 6.92 Å². The van der Waals surface area contributed by atoms with E-state index in [2.05, 4.69) is 30.0 Å². The van der Waals surface area contributed by atoms with E-state index in [4.69, 9.17) is 14.2 Å². The number of halogens is 3. The second kappa shape index (κ2) is 11.9. The molecule has 2 aromatic heterocycles. The number of rotatable bonds is 9. The van der Waals surface area contributed by atoms with E-state index in [9.17, 15) is 27.9 Å². The number of hydrogen-bond donors (Lipinski definition) is 3. The number of ether oxygens (including phenoxy) is 4. The Morgan fingerprint density at radius 2 is 1.86 bits per heavy atom. The first kappa shape index (κ1) is 29.8. The highest BCUT2D eigenvalue weighted by Crippen LogP contribution is 2.36. The van der Waals surface area contributed by atoms with Crippen LogP contribution in [-0.2, 0) is 4.79 Å². The molecule has 1 atom stereocenters. The minimum atomic E-state index is -5.33. The van der Waals surface area contributed by atoms with Crippen LogP contribution in [0.4, 0.5) is 25.1 Å². The lowest BCUT2D eigenvalue weighted by molar-refractivity contribution is -0.189. The summed E-state index contributed by atoms with van der Waals surface area (Å²) in [5, 5.41) is 12.7. The molecule has 228 valence electrons. The van der Waals surface area contributed by atoms with Gasteiger partial charge in [-0.15, -0.1) is 0 Å². The first-order chi connectivity index (χ1) is 20.5. The van der Waals surface area contributed by atoms with Gasteiger partial charge in [-0.1, -0.05) is 0 Å². The third-order valence-corrected chi connectivity index (χ3v) is 6.75. The predicted octanol–water partition coefficient (Wildman–Crippen LogP) is 2.85. The highest BCUT2D eigenvalue weighted by molar-refractivity contribution is 5.91. The number of nitrogens with zero attached hydrogens (tertiary/aromatic N) is 4. The van der Waals surface area contributed by atoms with Crippen LogP contribution in [0.5, 0.6) is 23.0 Å². The fraction of sp³-hybridized carbons (Fsp3) is 0.370. The zero-order valence-electron chi connectivity index (χ0n) is 23.2. The standard InChI is InChI=1S/C27H27F3N6O7/c1-13-15-10-19(40-2)20(41-3)11-17(15)33-25(31-13)35-26-32-16-4-5-18(42-9-8-36-7-6-14(37)12-36)22(21(16)23(38)34-26)43-24(39)27(28,29)30/h4-5,10-11,14,37H,6-9,12H2,1-3H3,(H2,31,32,33,34,35,38). The Bertz CT molecular complexity index is 1750. The van der Waals surface area contributed by atoms with Crippen molar-refractivity contribution < 1.29 is 42.0 Å². The van der Waals surface area contributed by atoms with Crippen LogP contribution < -0.4 is 29.8 Å². The molecular weight excluding hydrogens is 577 g/mol. The van der Waals surface area contributed by atoms with Crippen molar-refractivity contribution in [2.24, 2.45) is 0 Å². The fourth-order valence-electron chi connectivity index (χ4n) is 4.68. The highest BCUT2D eigenvalue weighted by Gasteiger charge is 2.42. The lowest BCUT2D eigenvalue weighted by atomic mass is 10.1. The number of aliphatic hydroxyl groups is 1. The van der Waals surface area contributed by atoms with Gasteiger partial charge in [0.25, 0.3) is 5.56 Å². The first-order valence-corrected chi connectivity index (χ1v) is 13.0. The predicted molar refractivity (Wildman–Crippen MR) is 147 cm³/mol. The number of H-pyrrole nitrogens is 1. The number of methoxy groups -OCH3 is 2. The largest absolute Gasteiger partial charge is 0.493 e. The number of aliphatic hydroxyl groups excluding tert-OH is 1. The Hall–Kier alpha value is -4.70. The molecule has 1 saturated heterocycles. The summed E-state index contributed by atoms with van der Waals surface area (Å²) in [5.74, 6) is -2.63. The van der Waals surface area contributed by atoms with Crippen LogP contribution in [0.3, 0.4) is 0 Å². The van der Waals surface area contributed by atoms with Crippen molar-refractivity contribution in [1.29, 1.82) is 0 Å². The van der Waals surface area contributed by atoms with Gasteiger partial charge in [0, 0.05) is 31.1 Å². The molecule has 1 fully saturated rings. The topological polar surface area (TPSA) is 161 Å². The summed E-state index contributed by atoms with van der Waals surface area (Å²) in [5.41, 5.74) is 0.0789. The highest BCUT2D eigenvalue weighted by atomic mass is 19.4. The number of likely N-dealkylation sites (tertiary alicyclic amines) is 1. The number of aromatic nitrogens is 4. The van der Waals surface area contributed by atoms with Gasteiger partial charge in [-0.3, -0.25) is 20.0 Å². The molecule has 1 aliphatic rings. The number of aryl methyl sites for hydroxylation is 1. The lowest BCUT2D eigenvalue weighted by Crippen LogP contribution is -2.29. The van der Waals surface area contributed by atoms with E-state index in [1.807, 2.05) is 4.90 Å². The van der Waals surface area contributed by atoms with E-state index in [0.29, 0.717) is 54.2 Å². The Labute approximate surface area is 241 Å². The summed E-state index contributed by atoms with van der Waals surface area (Å²) in [6.07, 6.45) is -5.20. The number of nitrogens with one attached hydrogen (secondary N) is 2. The SMILES string of the molecule is COc1cc2nc(Nc3nc4ccc(OCCN5CCC(O)C5)c(OC(=O)C(F)(F)F)c4c(=O)[nH]3)nc(C)c2cc1OC. The van der Waals surface area contributed by atoms with Crippen LogP contribution in [-0.4, -0.2) is 88.7 Å². The number of fused-ring (bicyclic) bond motifs is 2. The fourth-order valence-corrected chi connectivity index (χ4v) is 4.68. The van der Waals surface area contributed by atoms with Gasteiger partial charge in [0.1, 0.15) is 12.0 Å². The van der Waals surface area contributed by atoms with Gasteiger partial charge in [-0.2, -0.15) is 13.2 Å². The number of β-amino-alcohol motifs (C(OH)–C–C–N with tert-alkyl or cyclic N) is 1. The number of aromatic amines is 1. The third-order valence-electron chi connectivity index (χ3n) is 6.75. The summed E-state index contributed by atoms with van der Waals surface area (Å²) in [6.45, 7) is 3.14. The molecule has 13 nitrogen and oxygen atoms in total. The van der Waals surface area contributed by atoms with Gasteiger partial charge in [-0.25, -0.2) is 19.7 Å². The molecule has 2 aromatic carbocycles. The molecule has 3 heterocycles. The molecule has 16 heteroatoms. The number of alkyl halides is 3. The monoisotopic (exact) mass is 604 g/mol. The molecule has 43 heavy (non-hydrogen) atoms. The minimum absolute atomic E-state index is 0.00488. The molecule has 1 aliphatic heterocycles. The molecule has 0 radical (unpaired) electrons. The second-order valence-corrected chi connectivity index (χ2v) is 9.66. The summed E-state index contributed by atoms with van der Waals surface area (Å²) in [7, 11) is 2.99. The van der Waals surface area contributed by atoms with Crippen molar-refractivity contribution in [3.8, 4) is 23.0 Å². The van der Waals surface area contributed by atoms with Crippen LogP contribution in [0.25, 0.3) is 21.8 Å². The average molecular weight is 605 g/mol. The molecule has 0 amide bonds. The number of hydrogen-bond acceptors (Lipinski definition) is 12. The summed E-state index contributed by atoms with van der Waals surface area (Å²) >= 11 is 0. The summed E-state index contributed by atoms with van der Waals surface area (Å²) < 4.78 is 60.3. The van der Waals surface area contributed by atoms with Crippen LogP contribution in [0.1, 0.15) is 12.1 Å². The van der Waals surface area contributed by atoms with Crippen molar-refractivity contribution in [1.82, 2.24) is 24.8 Å². The summed E-state index contributed by atoms with van der Waals surface area (Å²) in [6, 6.07) is 5.98. The molecule has 3 N–H and O–H groups in total. The number of carbonyl (C=O) groups excluding carboxylic acids is 1. The molecule has 1 unspecified atom stereocenters. The van der Waals surface area contributed by atoms with Crippen LogP contribution in [0.15, 0.2) is 29.1 Å². The van der Waals surface area contributed by atoms with Crippen molar-refractivity contribution in [3.63, 3.8) is 0 Å².